The fraction of sp³-hybridized carbons (Fsp3) is 0.500. The van der Waals surface area contributed by atoms with E-state index in [-0.39, 0.29) is 12.0 Å². The summed E-state index contributed by atoms with van der Waals surface area (Å²) in [5, 5.41) is 5.66. The molecule has 1 aromatic carbocycles. The molecular weight excluding hydrogens is 268 g/mol. The summed E-state index contributed by atoms with van der Waals surface area (Å²) in [7, 11) is 1.39. The Hall–Kier alpha value is -2.04. The minimum absolute atomic E-state index is 0.185. The van der Waals surface area contributed by atoms with Crippen molar-refractivity contribution in [2.45, 2.75) is 39.5 Å². The largest absolute Gasteiger partial charge is 0.469 e. The van der Waals surface area contributed by atoms with Gasteiger partial charge in [0.2, 0.25) is 0 Å². The normalized spacial score (nSPS) is 10.0. The third-order valence-electron chi connectivity index (χ3n) is 3.42. The van der Waals surface area contributed by atoms with Crippen LogP contribution in [-0.4, -0.2) is 25.7 Å². The van der Waals surface area contributed by atoms with Crippen LogP contribution >= 0.6 is 0 Å². The van der Waals surface area contributed by atoms with E-state index in [1.54, 1.807) is 0 Å². The van der Waals surface area contributed by atoms with E-state index < -0.39 is 0 Å². The molecule has 0 unspecified atom stereocenters. The van der Waals surface area contributed by atoms with Gasteiger partial charge >= 0.3 is 12.0 Å². The van der Waals surface area contributed by atoms with Gasteiger partial charge in [-0.15, -0.1) is 0 Å². The topological polar surface area (TPSA) is 67.4 Å². The predicted octanol–water partition coefficient (Wildman–Crippen LogP) is 3.16. The molecule has 1 rings (SSSR count). The molecule has 0 radical (unpaired) electrons. The second kappa shape index (κ2) is 9.00. The summed E-state index contributed by atoms with van der Waals surface area (Å²) < 4.78 is 4.56. The molecule has 0 heterocycles. The molecular formula is C16H24N2O3. The van der Waals surface area contributed by atoms with Crippen molar-refractivity contribution in [2.75, 3.05) is 19.0 Å². The van der Waals surface area contributed by atoms with E-state index in [0.29, 0.717) is 13.0 Å². The number of urea groups is 1. The maximum Gasteiger partial charge on any atom is 0.319 e. The second-order valence-electron chi connectivity index (χ2n) is 5.02. The average Bonchev–Trinajstić information content (AvgIpc) is 2.47. The molecule has 5 nitrogen and oxygen atoms in total. The molecule has 0 fully saturated rings. The van der Waals surface area contributed by atoms with Gasteiger partial charge in [-0.1, -0.05) is 18.6 Å². The second-order valence-corrected chi connectivity index (χ2v) is 5.02. The summed E-state index contributed by atoms with van der Waals surface area (Å²) in [6.07, 6.45) is 2.95. The molecule has 0 aliphatic rings. The van der Waals surface area contributed by atoms with Crippen LogP contribution in [0.2, 0.25) is 0 Å². The van der Waals surface area contributed by atoms with Crippen LogP contribution in [0.25, 0.3) is 0 Å². The lowest BCUT2D eigenvalue weighted by Crippen LogP contribution is -2.29. The number of anilines is 1. The molecule has 0 aliphatic heterocycles. The molecule has 2 N–H and O–H groups in total. The Balaban J connectivity index is 2.20. The summed E-state index contributed by atoms with van der Waals surface area (Å²) in [6.45, 7) is 4.59. The van der Waals surface area contributed by atoms with Gasteiger partial charge in [-0.25, -0.2) is 4.79 Å². The molecule has 0 saturated carbocycles. The van der Waals surface area contributed by atoms with E-state index in [1.807, 2.05) is 32.0 Å². The highest BCUT2D eigenvalue weighted by Crippen LogP contribution is 2.17. The summed E-state index contributed by atoms with van der Waals surface area (Å²) in [4.78, 5) is 22.7. The first-order valence-electron chi connectivity index (χ1n) is 7.22. The van der Waals surface area contributed by atoms with E-state index >= 15 is 0 Å². The van der Waals surface area contributed by atoms with Crippen molar-refractivity contribution in [2.24, 2.45) is 0 Å². The summed E-state index contributed by atoms with van der Waals surface area (Å²) >= 11 is 0. The van der Waals surface area contributed by atoms with Crippen LogP contribution in [-0.2, 0) is 9.53 Å². The van der Waals surface area contributed by atoms with Crippen molar-refractivity contribution in [1.82, 2.24) is 5.32 Å². The molecule has 0 bridgehead atoms. The van der Waals surface area contributed by atoms with Crippen LogP contribution in [0.4, 0.5) is 10.5 Å². The van der Waals surface area contributed by atoms with Crippen LogP contribution < -0.4 is 10.6 Å². The Morgan fingerprint density at radius 3 is 2.62 bits per heavy atom. The smallest absolute Gasteiger partial charge is 0.319 e. The number of amides is 2. The van der Waals surface area contributed by atoms with Crippen LogP contribution in [0.15, 0.2) is 18.2 Å². The number of ether oxygens (including phenoxy) is 1. The first kappa shape index (κ1) is 17.0. The number of benzene rings is 1. The Morgan fingerprint density at radius 2 is 1.90 bits per heavy atom. The number of rotatable bonds is 7. The van der Waals surface area contributed by atoms with Gasteiger partial charge in [0, 0.05) is 18.7 Å². The Labute approximate surface area is 126 Å². The van der Waals surface area contributed by atoms with Gasteiger partial charge in [0.05, 0.1) is 7.11 Å². The average molecular weight is 292 g/mol. The first-order valence-corrected chi connectivity index (χ1v) is 7.22. The maximum atomic E-state index is 11.8. The van der Waals surface area contributed by atoms with Crippen molar-refractivity contribution in [3.63, 3.8) is 0 Å². The third-order valence-corrected chi connectivity index (χ3v) is 3.42. The van der Waals surface area contributed by atoms with Crippen molar-refractivity contribution < 1.29 is 14.3 Å². The highest BCUT2D eigenvalue weighted by atomic mass is 16.5. The molecule has 2 amide bonds. The molecule has 116 valence electrons. The van der Waals surface area contributed by atoms with Crippen LogP contribution in [0, 0.1) is 13.8 Å². The van der Waals surface area contributed by atoms with Gasteiger partial charge in [-0.05, 0) is 43.9 Å². The molecule has 0 aliphatic carbocycles. The Bertz CT molecular complexity index is 486. The standard InChI is InChI=1S/C16H24N2O3/c1-12-8-7-9-14(13(12)2)18-16(20)17-11-6-4-5-10-15(19)21-3/h7-9H,4-6,10-11H2,1-3H3,(H2,17,18,20). The van der Waals surface area contributed by atoms with E-state index in [2.05, 4.69) is 15.4 Å². The highest BCUT2D eigenvalue weighted by molar-refractivity contribution is 5.90. The van der Waals surface area contributed by atoms with E-state index in [9.17, 15) is 9.59 Å². The molecule has 1 aromatic rings. The van der Waals surface area contributed by atoms with Crippen molar-refractivity contribution in [3.8, 4) is 0 Å². The summed E-state index contributed by atoms with van der Waals surface area (Å²) in [5.74, 6) is -0.185. The molecule has 21 heavy (non-hydrogen) atoms. The fourth-order valence-corrected chi connectivity index (χ4v) is 1.93. The SMILES string of the molecule is COC(=O)CCCCCNC(=O)Nc1cccc(C)c1C. The van der Waals surface area contributed by atoms with Gasteiger partial charge in [-0.2, -0.15) is 0 Å². The quantitative estimate of drug-likeness (QED) is 0.599. The zero-order chi connectivity index (χ0) is 15.7. The van der Waals surface area contributed by atoms with Crippen molar-refractivity contribution >= 4 is 17.7 Å². The Kier molecular flexibility index (Phi) is 7.29. The monoisotopic (exact) mass is 292 g/mol. The van der Waals surface area contributed by atoms with Gasteiger partial charge in [0.25, 0.3) is 0 Å². The van der Waals surface area contributed by atoms with Crippen LogP contribution in [0.5, 0.6) is 0 Å². The zero-order valence-electron chi connectivity index (χ0n) is 13.0. The van der Waals surface area contributed by atoms with Gasteiger partial charge in [0.1, 0.15) is 0 Å². The number of esters is 1. The van der Waals surface area contributed by atoms with Gasteiger partial charge in [0.15, 0.2) is 0 Å². The van der Waals surface area contributed by atoms with E-state index in [0.717, 1.165) is 36.1 Å². The number of nitrogens with one attached hydrogen (secondary N) is 2. The number of carbonyl (C=O) groups is 2. The fourth-order valence-electron chi connectivity index (χ4n) is 1.93. The first-order chi connectivity index (χ1) is 10.0. The van der Waals surface area contributed by atoms with Crippen LogP contribution in [0.3, 0.4) is 0 Å². The number of unbranched alkanes of at least 4 members (excludes halogenated alkanes) is 2. The van der Waals surface area contributed by atoms with E-state index in [1.165, 1.54) is 7.11 Å². The lowest BCUT2D eigenvalue weighted by Gasteiger charge is -2.11. The minimum atomic E-state index is -0.198. The molecule has 0 spiro atoms. The third kappa shape index (κ3) is 6.29. The lowest BCUT2D eigenvalue weighted by atomic mass is 10.1. The number of carbonyl (C=O) groups excluding carboxylic acids is 2. The van der Waals surface area contributed by atoms with Crippen molar-refractivity contribution in [3.05, 3.63) is 29.3 Å². The summed E-state index contributed by atoms with van der Waals surface area (Å²) in [5.41, 5.74) is 3.06. The maximum absolute atomic E-state index is 11.8. The lowest BCUT2D eigenvalue weighted by molar-refractivity contribution is -0.140. The molecule has 5 heteroatoms. The molecule has 0 saturated heterocycles. The van der Waals surface area contributed by atoms with Gasteiger partial charge in [-0.3, -0.25) is 4.79 Å². The number of hydrogen-bond donors (Lipinski definition) is 2. The Morgan fingerprint density at radius 1 is 1.14 bits per heavy atom. The van der Waals surface area contributed by atoms with Crippen LogP contribution in [0.1, 0.15) is 36.8 Å². The van der Waals surface area contributed by atoms with Gasteiger partial charge < -0.3 is 15.4 Å². The minimum Gasteiger partial charge on any atom is -0.469 e. The number of methoxy groups -OCH3 is 1. The highest BCUT2D eigenvalue weighted by Gasteiger charge is 2.05. The number of hydrogen-bond acceptors (Lipinski definition) is 3. The molecule has 0 atom stereocenters. The molecule has 0 aromatic heterocycles. The zero-order valence-corrected chi connectivity index (χ0v) is 13.0. The predicted molar refractivity (Wildman–Crippen MR) is 83.4 cm³/mol. The number of aryl methyl sites for hydroxylation is 1. The van der Waals surface area contributed by atoms with E-state index in [4.69, 9.17) is 0 Å². The summed E-state index contributed by atoms with van der Waals surface area (Å²) in [6, 6.07) is 5.62. The van der Waals surface area contributed by atoms with Crippen molar-refractivity contribution in [1.29, 1.82) is 0 Å².